The van der Waals surface area contributed by atoms with Crippen LogP contribution in [-0.4, -0.2) is 28.0 Å². The van der Waals surface area contributed by atoms with Crippen molar-refractivity contribution >= 4 is 34.4 Å². The van der Waals surface area contributed by atoms with E-state index in [0.717, 1.165) is 12.0 Å². The highest BCUT2D eigenvalue weighted by molar-refractivity contribution is 8.14. The van der Waals surface area contributed by atoms with E-state index < -0.39 is 11.9 Å². The fourth-order valence-corrected chi connectivity index (χ4v) is 4.29. The van der Waals surface area contributed by atoms with Crippen LogP contribution in [0.15, 0.2) is 35.5 Å². The molecule has 2 aliphatic heterocycles. The van der Waals surface area contributed by atoms with E-state index >= 15 is 0 Å². The number of carboxylic acid groups (broad SMARTS) is 1. The Morgan fingerprint density at radius 3 is 2.90 bits per heavy atom. The minimum atomic E-state index is -0.955. The van der Waals surface area contributed by atoms with Crippen molar-refractivity contribution in [1.29, 1.82) is 0 Å². The SMILES string of the molecule is O=C1CC2=C(C(C(=O)O)c3ccccc3Cl)NCCC2S1. The van der Waals surface area contributed by atoms with Gasteiger partial charge in [0.1, 0.15) is 5.92 Å². The lowest BCUT2D eigenvalue weighted by atomic mass is 9.88. The van der Waals surface area contributed by atoms with Gasteiger partial charge in [-0.25, -0.2) is 0 Å². The lowest BCUT2D eigenvalue weighted by molar-refractivity contribution is -0.138. The molecule has 1 fully saturated rings. The molecule has 0 amide bonds. The first-order valence-corrected chi connectivity index (χ1v) is 7.97. The molecule has 2 N–H and O–H groups in total. The molecule has 2 heterocycles. The maximum Gasteiger partial charge on any atom is 0.317 e. The predicted molar refractivity (Wildman–Crippen MR) is 82.5 cm³/mol. The maximum absolute atomic E-state index is 11.8. The number of nitrogens with one attached hydrogen (secondary N) is 1. The third-order valence-electron chi connectivity index (χ3n) is 3.82. The molecule has 2 atom stereocenters. The van der Waals surface area contributed by atoms with Gasteiger partial charge in [-0.05, 0) is 23.6 Å². The van der Waals surface area contributed by atoms with E-state index in [1.807, 2.05) is 0 Å². The number of hydrogen-bond donors (Lipinski definition) is 2. The van der Waals surface area contributed by atoms with Gasteiger partial charge in [-0.3, -0.25) is 9.59 Å². The summed E-state index contributed by atoms with van der Waals surface area (Å²) in [5.41, 5.74) is 2.13. The molecule has 2 aliphatic rings. The Labute approximate surface area is 131 Å². The van der Waals surface area contributed by atoms with Crippen LogP contribution in [0.25, 0.3) is 0 Å². The van der Waals surface area contributed by atoms with Crippen LogP contribution < -0.4 is 5.32 Å². The molecule has 3 rings (SSSR count). The van der Waals surface area contributed by atoms with Crippen LogP contribution in [0.4, 0.5) is 0 Å². The van der Waals surface area contributed by atoms with Gasteiger partial charge in [0.05, 0.1) is 0 Å². The number of benzene rings is 1. The van der Waals surface area contributed by atoms with Crippen molar-refractivity contribution in [2.45, 2.75) is 24.0 Å². The van der Waals surface area contributed by atoms with Crippen LogP contribution in [0.2, 0.25) is 5.02 Å². The van der Waals surface area contributed by atoms with Gasteiger partial charge in [-0.1, -0.05) is 41.6 Å². The molecule has 2 unspecified atom stereocenters. The van der Waals surface area contributed by atoms with Crippen LogP contribution in [0.1, 0.15) is 24.3 Å². The number of rotatable bonds is 3. The van der Waals surface area contributed by atoms with Crippen LogP contribution >= 0.6 is 23.4 Å². The Kier molecular flexibility index (Phi) is 3.95. The lowest BCUT2D eigenvalue weighted by Gasteiger charge is -2.28. The third-order valence-corrected chi connectivity index (χ3v) is 5.37. The van der Waals surface area contributed by atoms with E-state index in [2.05, 4.69) is 5.32 Å². The number of carbonyl (C=O) groups excluding carboxylic acids is 1. The molecule has 0 aliphatic carbocycles. The fourth-order valence-electron chi connectivity index (χ4n) is 2.90. The summed E-state index contributed by atoms with van der Waals surface area (Å²) in [6.45, 7) is 0.679. The summed E-state index contributed by atoms with van der Waals surface area (Å²) in [6, 6.07) is 6.96. The molecule has 0 saturated carbocycles. The first-order valence-electron chi connectivity index (χ1n) is 6.71. The summed E-state index contributed by atoms with van der Waals surface area (Å²) < 4.78 is 0. The average molecular weight is 324 g/mol. The van der Waals surface area contributed by atoms with Crippen molar-refractivity contribution < 1.29 is 14.7 Å². The average Bonchev–Trinajstić information content (AvgIpc) is 2.82. The zero-order valence-electron chi connectivity index (χ0n) is 11.1. The maximum atomic E-state index is 11.8. The Bertz CT molecular complexity index is 644. The smallest absolute Gasteiger partial charge is 0.317 e. The Morgan fingerprint density at radius 1 is 1.43 bits per heavy atom. The molecule has 0 spiro atoms. The van der Waals surface area contributed by atoms with Gasteiger partial charge in [-0.15, -0.1) is 0 Å². The number of thioether (sulfide) groups is 1. The van der Waals surface area contributed by atoms with E-state index in [0.29, 0.717) is 29.2 Å². The fraction of sp³-hybridized carbons (Fsp3) is 0.333. The van der Waals surface area contributed by atoms with Crippen LogP contribution in [0.5, 0.6) is 0 Å². The Hall–Kier alpha value is -1.46. The van der Waals surface area contributed by atoms with Crippen molar-refractivity contribution in [2.24, 2.45) is 0 Å². The minimum Gasteiger partial charge on any atom is -0.480 e. The summed E-state index contributed by atoms with van der Waals surface area (Å²) in [5, 5.41) is 13.5. The van der Waals surface area contributed by atoms with Gasteiger partial charge < -0.3 is 10.4 Å². The van der Waals surface area contributed by atoms with Gasteiger partial charge in [0, 0.05) is 28.9 Å². The zero-order valence-corrected chi connectivity index (χ0v) is 12.7. The van der Waals surface area contributed by atoms with Gasteiger partial charge in [0.25, 0.3) is 0 Å². The second kappa shape index (κ2) is 5.73. The molecule has 1 saturated heterocycles. The molecule has 6 heteroatoms. The standard InChI is InChI=1S/C15H14ClNO3S/c16-10-4-2-1-3-8(10)13(15(19)20)14-9-7-12(18)21-11(9)5-6-17-14/h1-4,11,13,17H,5-7H2,(H,19,20). The number of carboxylic acids is 1. The van der Waals surface area contributed by atoms with Crippen LogP contribution in [-0.2, 0) is 9.59 Å². The van der Waals surface area contributed by atoms with E-state index in [4.69, 9.17) is 11.6 Å². The summed E-state index contributed by atoms with van der Waals surface area (Å²) in [6.07, 6.45) is 1.18. The number of carbonyl (C=O) groups is 2. The largest absolute Gasteiger partial charge is 0.480 e. The number of halogens is 1. The van der Waals surface area contributed by atoms with Crippen molar-refractivity contribution in [1.82, 2.24) is 5.32 Å². The van der Waals surface area contributed by atoms with Crippen LogP contribution in [0.3, 0.4) is 0 Å². The topological polar surface area (TPSA) is 66.4 Å². The Morgan fingerprint density at radius 2 is 2.19 bits per heavy atom. The highest BCUT2D eigenvalue weighted by atomic mass is 35.5. The highest BCUT2D eigenvalue weighted by Crippen LogP contribution is 2.42. The monoisotopic (exact) mass is 323 g/mol. The highest BCUT2D eigenvalue weighted by Gasteiger charge is 2.38. The van der Waals surface area contributed by atoms with Gasteiger partial charge in [0.15, 0.2) is 5.12 Å². The number of aliphatic carboxylic acids is 1. The second-order valence-corrected chi connectivity index (χ2v) is 6.77. The molecule has 0 bridgehead atoms. The normalized spacial score (nSPS) is 22.7. The van der Waals surface area contributed by atoms with Crippen molar-refractivity contribution in [3.8, 4) is 0 Å². The first-order chi connectivity index (χ1) is 10.1. The lowest BCUT2D eigenvalue weighted by Crippen LogP contribution is -2.33. The summed E-state index contributed by atoms with van der Waals surface area (Å²) in [7, 11) is 0. The van der Waals surface area contributed by atoms with Gasteiger partial charge in [-0.2, -0.15) is 0 Å². The number of fused-ring (bicyclic) bond motifs is 1. The predicted octanol–water partition coefficient (Wildman–Crippen LogP) is 2.79. The summed E-state index contributed by atoms with van der Waals surface area (Å²) in [5.74, 6) is -1.80. The van der Waals surface area contributed by atoms with Crippen molar-refractivity contribution in [2.75, 3.05) is 6.54 Å². The number of hydrogen-bond acceptors (Lipinski definition) is 4. The molecule has 21 heavy (non-hydrogen) atoms. The van der Waals surface area contributed by atoms with Crippen LogP contribution in [0, 0.1) is 0 Å². The molecule has 1 aromatic carbocycles. The van der Waals surface area contributed by atoms with Crippen molar-refractivity contribution in [3.05, 3.63) is 46.1 Å². The quantitative estimate of drug-likeness (QED) is 0.895. The molecule has 110 valence electrons. The molecular weight excluding hydrogens is 310 g/mol. The minimum absolute atomic E-state index is 0.109. The molecule has 4 nitrogen and oxygen atoms in total. The zero-order chi connectivity index (χ0) is 15.0. The van der Waals surface area contributed by atoms with E-state index in [1.165, 1.54) is 11.8 Å². The second-order valence-electron chi connectivity index (χ2n) is 5.10. The first kappa shape index (κ1) is 14.5. The Balaban J connectivity index is 2.10. The third kappa shape index (κ3) is 2.68. The van der Waals surface area contributed by atoms with E-state index in [-0.39, 0.29) is 10.4 Å². The molecular formula is C15H14ClNO3S. The van der Waals surface area contributed by atoms with Crippen molar-refractivity contribution in [3.63, 3.8) is 0 Å². The summed E-state index contributed by atoms with van der Waals surface area (Å²) in [4.78, 5) is 23.5. The van der Waals surface area contributed by atoms with E-state index in [1.54, 1.807) is 24.3 Å². The molecule has 1 aromatic rings. The van der Waals surface area contributed by atoms with E-state index in [9.17, 15) is 14.7 Å². The molecule has 0 aromatic heterocycles. The van der Waals surface area contributed by atoms with Gasteiger partial charge >= 0.3 is 5.97 Å². The molecule has 0 radical (unpaired) electrons. The van der Waals surface area contributed by atoms with Gasteiger partial charge in [0.2, 0.25) is 0 Å². The summed E-state index contributed by atoms with van der Waals surface area (Å²) >= 11 is 7.49.